The van der Waals surface area contributed by atoms with Gasteiger partial charge in [-0.05, 0) is 22.9 Å². The van der Waals surface area contributed by atoms with Gasteiger partial charge in [0.15, 0.2) is 11.6 Å². The molecule has 0 aromatic carbocycles. The number of pyridine rings is 1. The molecule has 0 spiro atoms. The number of hydrogen-bond acceptors (Lipinski definition) is 5. The Hall–Kier alpha value is -2.38. The van der Waals surface area contributed by atoms with Crippen LogP contribution in [0.5, 0.6) is 0 Å². The number of nitrogens with zero attached hydrogens (tertiary/aromatic N) is 5. The molecule has 0 unspecified atom stereocenters. The van der Waals surface area contributed by atoms with Gasteiger partial charge in [0.1, 0.15) is 0 Å². The van der Waals surface area contributed by atoms with E-state index in [2.05, 4.69) is 20.5 Å². The van der Waals surface area contributed by atoms with Crippen molar-refractivity contribution in [3.63, 3.8) is 0 Å². The van der Waals surface area contributed by atoms with Crippen LogP contribution < -0.4 is 0 Å². The second kappa shape index (κ2) is 5.30. The highest BCUT2D eigenvalue weighted by molar-refractivity contribution is 5.66. The summed E-state index contributed by atoms with van der Waals surface area (Å²) in [6, 6.07) is 1.47. The molecule has 8 heteroatoms. The quantitative estimate of drug-likeness (QED) is 0.842. The van der Waals surface area contributed by atoms with E-state index in [1.54, 1.807) is 0 Å². The number of carboxylic acid groups (broad SMARTS) is 1. The molecule has 0 aliphatic carbocycles. The maximum absolute atomic E-state index is 13.5. The molecule has 2 rings (SSSR count). The predicted molar refractivity (Wildman–Crippen MR) is 57.9 cm³/mol. The summed E-state index contributed by atoms with van der Waals surface area (Å²) in [5.41, 5.74) is 0.241. The SMILES string of the molecule is O=C(O)CCCn1nnnc1-c1ccncc1F. The topological polar surface area (TPSA) is 93.8 Å². The Bertz CT molecular complexity index is 557. The van der Waals surface area contributed by atoms with E-state index in [1.165, 1.54) is 16.9 Å². The average molecular weight is 251 g/mol. The van der Waals surface area contributed by atoms with Crippen LogP contribution in [0.3, 0.4) is 0 Å². The maximum Gasteiger partial charge on any atom is 0.303 e. The van der Waals surface area contributed by atoms with Gasteiger partial charge < -0.3 is 5.11 Å². The van der Waals surface area contributed by atoms with Gasteiger partial charge in [0.25, 0.3) is 0 Å². The molecule has 0 fully saturated rings. The van der Waals surface area contributed by atoms with Crippen molar-refractivity contribution < 1.29 is 14.3 Å². The first-order valence-electron chi connectivity index (χ1n) is 5.26. The molecule has 0 saturated carbocycles. The molecule has 7 nitrogen and oxygen atoms in total. The molecule has 0 saturated heterocycles. The van der Waals surface area contributed by atoms with Crippen LogP contribution in [0.2, 0.25) is 0 Å². The lowest BCUT2D eigenvalue weighted by molar-refractivity contribution is -0.137. The van der Waals surface area contributed by atoms with Crippen molar-refractivity contribution in [2.75, 3.05) is 0 Å². The van der Waals surface area contributed by atoms with Gasteiger partial charge >= 0.3 is 5.97 Å². The number of aryl methyl sites for hydroxylation is 1. The average Bonchev–Trinajstić information content (AvgIpc) is 2.77. The molecule has 0 aliphatic rings. The van der Waals surface area contributed by atoms with Crippen LogP contribution in [0.25, 0.3) is 11.4 Å². The number of aromatic nitrogens is 5. The molecule has 0 amide bonds. The molecule has 2 aromatic heterocycles. The number of carboxylic acids is 1. The van der Waals surface area contributed by atoms with E-state index >= 15 is 0 Å². The fourth-order valence-corrected chi connectivity index (χ4v) is 1.48. The van der Waals surface area contributed by atoms with Gasteiger partial charge in [0, 0.05) is 19.2 Å². The number of halogens is 1. The van der Waals surface area contributed by atoms with Gasteiger partial charge in [-0.1, -0.05) is 0 Å². The van der Waals surface area contributed by atoms with Crippen molar-refractivity contribution in [2.24, 2.45) is 0 Å². The summed E-state index contributed by atoms with van der Waals surface area (Å²) >= 11 is 0. The minimum absolute atomic E-state index is 0.0120. The first-order valence-corrected chi connectivity index (χ1v) is 5.26. The summed E-state index contributed by atoms with van der Waals surface area (Å²) in [6.45, 7) is 0.316. The Kier molecular flexibility index (Phi) is 3.56. The largest absolute Gasteiger partial charge is 0.481 e. The Morgan fingerprint density at radius 2 is 2.33 bits per heavy atom. The predicted octanol–water partition coefficient (Wildman–Crippen LogP) is 0.739. The molecule has 2 heterocycles. The Morgan fingerprint density at radius 1 is 1.50 bits per heavy atom. The summed E-state index contributed by atoms with van der Waals surface area (Å²) in [5.74, 6) is -1.15. The van der Waals surface area contributed by atoms with Gasteiger partial charge in [0.2, 0.25) is 0 Å². The summed E-state index contributed by atoms with van der Waals surface area (Å²) in [6.07, 6.45) is 2.90. The van der Waals surface area contributed by atoms with Crippen LogP contribution >= 0.6 is 0 Å². The second-order valence-electron chi connectivity index (χ2n) is 3.58. The summed E-state index contributed by atoms with van der Waals surface area (Å²) in [5, 5.41) is 19.4. The van der Waals surface area contributed by atoms with E-state index in [1.807, 2.05) is 0 Å². The van der Waals surface area contributed by atoms with Gasteiger partial charge in [-0.3, -0.25) is 9.78 Å². The maximum atomic E-state index is 13.5. The molecule has 0 aliphatic heterocycles. The van der Waals surface area contributed by atoms with E-state index in [4.69, 9.17) is 5.11 Å². The molecule has 0 atom stereocenters. The lowest BCUT2D eigenvalue weighted by Crippen LogP contribution is -2.06. The van der Waals surface area contributed by atoms with Crippen molar-refractivity contribution in [3.8, 4) is 11.4 Å². The number of hydrogen-bond donors (Lipinski definition) is 1. The minimum atomic E-state index is -0.889. The van der Waals surface area contributed by atoms with Crippen LogP contribution in [0.1, 0.15) is 12.8 Å². The highest BCUT2D eigenvalue weighted by Gasteiger charge is 2.13. The summed E-state index contributed by atoms with van der Waals surface area (Å²) in [4.78, 5) is 14.0. The molecule has 18 heavy (non-hydrogen) atoms. The van der Waals surface area contributed by atoms with Crippen molar-refractivity contribution >= 4 is 5.97 Å². The van der Waals surface area contributed by atoms with E-state index < -0.39 is 11.8 Å². The summed E-state index contributed by atoms with van der Waals surface area (Å²) in [7, 11) is 0. The van der Waals surface area contributed by atoms with E-state index in [-0.39, 0.29) is 17.8 Å². The van der Waals surface area contributed by atoms with Crippen molar-refractivity contribution in [1.82, 2.24) is 25.2 Å². The highest BCUT2D eigenvalue weighted by atomic mass is 19.1. The number of rotatable bonds is 5. The lowest BCUT2D eigenvalue weighted by Gasteiger charge is -2.03. The standard InChI is InChI=1S/C10H10FN5O2/c11-8-6-12-4-3-7(8)10-13-14-15-16(10)5-1-2-9(17)18/h3-4,6H,1-2,5H2,(H,17,18). The van der Waals surface area contributed by atoms with Crippen LogP contribution in [-0.4, -0.2) is 36.3 Å². The number of aliphatic carboxylic acids is 1. The zero-order chi connectivity index (χ0) is 13.0. The molecular formula is C10H10FN5O2. The van der Waals surface area contributed by atoms with Crippen molar-refractivity contribution in [3.05, 3.63) is 24.3 Å². The normalized spacial score (nSPS) is 10.5. The third-order valence-corrected chi connectivity index (χ3v) is 2.31. The molecule has 0 bridgehead atoms. The molecule has 1 N–H and O–H groups in total. The highest BCUT2D eigenvalue weighted by Crippen LogP contribution is 2.18. The van der Waals surface area contributed by atoms with Crippen LogP contribution in [0.4, 0.5) is 4.39 Å². The van der Waals surface area contributed by atoms with Gasteiger partial charge in [-0.25, -0.2) is 9.07 Å². The molecule has 2 aromatic rings. The third-order valence-electron chi connectivity index (χ3n) is 2.31. The Balaban J connectivity index is 2.18. The van der Waals surface area contributed by atoms with Crippen LogP contribution in [0.15, 0.2) is 18.5 Å². The van der Waals surface area contributed by atoms with Crippen molar-refractivity contribution in [2.45, 2.75) is 19.4 Å². The fraction of sp³-hybridized carbons (Fsp3) is 0.300. The minimum Gasteiger partial charge on any atom is -0.481 e. The van der Waals surface area contributed by atoms with Gasteiger partial charge in [-0.15, -0.1) is 5.10 Å². The Labute approximate surface area is 101 Å². The van der Waals surface area contributed by atoms with Crippen LogP contribution in [-0.2, 0) is 11.3 Å². The number of tetrazole rings is 1. The number of carbonyl (C=O) groups is 1. The van der Waals surface area contributed by atoms with Crippen LogP contribution in [0, 0.1) is 5.82 Å². The van der Waals surface area contributed by atoms with Gasteiger partial charge in [-0.2, -0.15) is 0 Å². The zero-order valence-electron chi connectivity index (χ0n) is 9.32. The molecule has 0 radical (unpaired) electrons. The lowest BCUT2D eigenvalue weighted by atomic mass is 10.2. The van der Waals surface area contributed by atoms with Crippen molar-refractivity contribution in [1.29, 1.82) is 0 Å². The molecular weight excluding hydrogens is 241 g/mol. The monoisotopic (exact) mass is 251 g/mol. The fourth-order valence-electron chi connectivity index (χ4n) is 1.48. The van der Waals surface area contributed by atoms with E-state index in [0.29, 0.717) is 13.0 Å². The first kappa shape index (κ1) is 12.1. The zero-order valence-corrected chi connectivity index (χ0v) is 9.32. The summed E-state index contributed by atoms with van der Waals surface area (Å²) < 4.78 is 14.9. The van der Waals surface area contributed by atoms with E-state index in [0.717, 1.165) is 6.20 Å². The van der Waals surface area contributed by atoms with E-state index in [9.17, 15) is 9.18 Å². The Morgan fingerprint density at radius 3 is 3.06 bits per heavy atom. The van der Waals surface area contributed by atoms with Gasteiger partial charge in [0.05, 0.1) is 11.8 Å². The second-order valence-corrected chi connectivity index (χ2v) is 3.58. The smallest absolute Gasteiger partial charge is 0.303 e. The first-order chi connectivity index (χ1) is 8.68. The third kappa shape index (κ3) is 2.65. The molecule has 94 valence electrons.